The molecule has 284 valence electrons. The molecule has 0 radical (unpaired) electrons. The van der Waals surface area contributed by atoms with Gasteiger partial charge in [-0.15, -0.1) is 0 Å². The molecule has 8 aromatic rings. The van der Waals surface area contributed by atoms with Crippen molar-refractivity contribution in [2.24, 2.45) is 0 Å². The first-order valence-electron chi connectivity index (χ1n) is 21.8. The molecule has 4 aliphatic rings. The van der Waals surface area contributed by atoms with Gasteiger partial charge in [-0.25, -0.2) is 0 Å². The third-order valence-electron chi connectivity index (χ3n) is 14.2. The highest BCUT2D eigenvalue weighted by Crippen LogP contribution is 2.64. The highest BCUT2D eigenvalue weighted by atomic mass is 15.1. The van der Waals surface area contributed by atoms with E-state index in [0.717, 1.165) is 12.8 Å². The largest absolute Gasteiger partial charge is 0.310 e. The van der Waals surface area contributed by atoms with Crippen molar-refractivity contribution in [3.05, 3.63) is 220 Å². The van der Waals surface area contributed by atoms with E-state index in [0.29, 0.717) is 0 Å². The second-order valence-electron chi connectivity index (χ2n) is 17.4. The van der Waals surface area contributed by atoms with Gasteiger partial charge in [0.1, 0.15) is 0 Å². The number of hydrogen-bond acceptors (Lipinski definition) is 1. The molecule has 0 heterocycles. The van der Waals surface area contributed by atoms with Gasteiger partial charge >= 0.3 is 0 Å². The first-order chi connectivity index (χ1) is 29.2. The molecule has 0 atom stereocenters. The molecule has 8 aromatic carbocycles. The molecule has 59 heavy (non-hydrogen) atoms. The summed E-state index contributed by atoms with van der Waals surface area (Å²) in [6, 6.07) is 65.4. The predicted molar refractivity (Wildman–Crippen MR) is 246 cm³/mol. The van der Waals surface area contributed by atoms with Gasteiger partial charge in [-0.3, -0.25) is 0 Å². The Balaban J connectivity index is 1.18. The molecule has 1 spiro atoms. The van der Waals surface area contributed by atoms with Gasteiger partial charge in [0.2, 0.25) is 0 Å². The lowest BCUT2D eigenvalue weighted by Crippen LogP contribution is -2.26. The van der Waals surface area contributed by atoms with E-state index in [1.807, 2.05) is 0 Å². The second-order valence-corrected chi connectivity index (χ2v) is 17.4. The normalized spacial score (nSPS) is 15.1. The number of hydrogen-bond donors (Lipinski definition) is 0. The van der Waals surface area contributed by atoms with Crippen molar-refractivity contribution in [3.63, 3.8) is 0 Å². The summed E-state index contributed by atoms with van der Waals surface area (Å²) in [5, 5.41) is 0. The zero-order valence-corrected chi connectivity index (χ0v) is 33.8. The van der Waals surface area contributed by atoms with Crippen molar-refractivity contribution in [2.75, 3.05) is 4.90 Å². The molecular formula is C58H47N. The minimum atomic E-state index is -0.435. The van der Waals surface area contributed by atoms with Crippen LogP contribution in [-0.2, 0) is 31.1 Å². The molecule has 0 aliphatic heterocycles. The molecule has 0 aromatic heterocycles. The van der Waals surface area contributed by atoms with E-state index in [4.69, 9.17) is 0 Å². The van der Waals surface area contributed by atoms with Gasteiger partial charge in [0.15, 0.2) is 0 Å². The molecule has 4 aliphatic carbocycles. The Morgan fingerprint density at radius 3 is 1.51 bits per heavy atom. The number of nitrogens with zero attached hydrogens (tertiary/aromatic N) is 1. The van der Waals surface area contributed by atoms with Gasteiger partial charge in [0.25, 0.3) is 0 Å². The van der Waals surface area contributed by atoms with Crippen molar-refractivity contribution >= 4 is 17.1 Å². The van der Waals surface area contributed by atoms with Crippen molar-refractivity contribution < 1.29 is 0 Å². The summed E-state index contributed by atoms with van der Waals surface area (Å²) < 4.78 is 0. The van der Waals surface area contributed by atoms with Gasteiger partial charge in [0, 0.05) is 16.9 Å². The third-order valence-corrected chi connectivity index (χ3v) is 14.2. The Kier molecular flexibility index (Phi) is 7.95. The monoisotopic (exact) mass is 757 g/mol. The minimum absolute atomic E-state index is 0.435. The lowest BCUT2D eigenvalue weighted by atomic mass is 9.70. The number of fused-ring (bicyclic) bond motifs is 12. The van der Waals surface area contributed by atoms with Crippen molar-refractivity contribution in [3.8, 4) is 44.5 Å². The summed E-state index contributed by atoms with van der Waals surface area (Å²) in [6.07, 6.45) is 9.69. The average Bonchev–Trinajstić information content (AvgIpc) is 3.76. The van der Waals surface area contributed by atoms with E-state index in [1.165, 1.54) is 150 Å². The van der Waals surface area contributed by atoms with Crippen LogP contribution in [-0.4, -0.2) is 0 Å². The predicted octanol–water partition coefficient (Wildman–Crippen LogP) is 14.9. The zero-order valence-electron chi connectivity index (χ0n) is 33.8. The number of benzene rings is 8. The van der Waals surface area contributed by atoms with Crippen LogP contribution in [0.4, 0.5) is 17.1 Å². The smallest absolute Gasteiger partial charge is 0.0726 e. The summed E-state index contributed by atoms with van der Waals surface area (Å²) >= 11 is 0. The number of rotatable bonds is 5. The van der Waals surface area contributed by atoms with Crippen LogP contribution >= 0.6 is 0 Å². The van der Waals surface area contributed by atoms with Crippen LogP contribution in [0.15, 0.2) is 170 Å². The van der Waals surface area contributed by atoms with Crippen LogP contribution in [0.3, 0.4) is 0 Å². The molecule has 0 unspecified atom stereocenters. The van der Waals surface area contributed by atoms with Crippen LogP contribution in [0.2, 0.25) is 0 Å². The summed E-state index contributed by atoms with van der Waals surface area (Å²) in [6.45, 7) is 2.35. The molecule has 0 saturated carbocycles. The molecule has 0 saturated heterocycles. The standard InChI is InChI=1S/C58H47N/c1-38-33-42-18-7-8-20-44(42)35-50(38)52-36-51-49-23-11-14-26-55(49)58(53-24-12-9-21-47(53)48-22-10-13-25-54(48)58)56(51)37-57(52)59(46-32-29-40-17-5-6-19-43(40)34-46)45-30-27-41(28-31-45)39-15-3-2-4-16-39/h2-4,9-16,21-37H,5-8,17-20H2,1H3. The lowest BCUT2D eigenvalue weighted by Gasteiger charge is -2.34. The fourth-order valence-corrected chi connectivity index (χ4v) is 11.4. The molecule has 1 nitrogen and oxygen atoms in total. The average molecular weight is 758 g/mol. The Morgan fingerprint density at radius 2 is 0.864 bits per heavy atom. The maximum absolute atomic E-state index is 2.62. The van der Waals surface area contributed by atoms with Crippen LogP contribution in [0, 0.1) is 6.92 Å². The zero-order chi connectivity index (χ0) is 39.1. The molecule has 0 N–H and O–H groups in total. The Labute approximate surface area is 348 Å². The first-order valence-corrected chi connectivity index (χ1v) is 21.8. The second kappa shape index (κ2) is 13.6. The van der Waals surface area contributed by atoms with Crippen LogP contribution < -0.4 is 4.90 Å². The fraction of sp³-hybridized carbons (Fsp3) is 0.172. The van der Waals surface area contributed by atoms with Crippen molar-refractivity contribution in [2.45, 2.75) is 63.7 Å². The summed E-state index contributed by atoms with van der Waals surface area (Å²) in [4.78, 5) is 2.60. The van der Waals surface area contributed by atoms with E-state index >= 15 is 0 Å². The SMILES string of the molecule is Cc1cc2c(cc1-c1cc3c(cc1N(c1ccc(-c4ccccc4)cc1)c1ccc4c(c1)CCCC4)C1(c4ccccc4-c4ccccc41)c1ccccc1-3)CCCC2. The first kappa shape index (κ1) is 34.6. The molecular weight excluding hydrogens is 711 g/mol. The van der Waals surface area contributed by atoms with E-state index in [2.05, 4.69) is 182 Å². The van der Waals surface area contributed by atoms with Crippen LogP contribution in [0.1, 0.15) is 75.8 Å². The van der Waals surface area contributed by atoms with Crippen LogP contribution in [0.5, 0.6) is 0 Å². The van der Waals surface area contributed by atoms with E-state index in [9.17, 15) is 0 Å². The highest BCUT2D eigenvalue weighted by molar-refractivity contribution is 6.00. The fourth-order valence-electron chi connectivity index (χ4n) is 11.4. The Hall–Kier alpha value is -6.44. The third kappa shape index (κ3) is 5.23. The maximum atomic E-state index is 2.62. The van der Waals surface area contributed by atoms with E-state index in [-0.39, 0.29) is 0 Å². The number of aryl methyl sites for hydroxylation is 5. The van der Waals surface area contributed by atoms with E-state index in [1.54, 1.807) is 0 Å². The molecule has 12 rings (SSSR count). The quantitative estimate of drug-likeness (QED) is 0.169. The lowest BCUT2D eigenvalue weighted by molar-refractivity contribution is 0.685. The van der Waals surface area contributed by atoms with Gasteiger partial charge < -0.3 is 4.90 Å². The van der Waals surface area contributed by atoms with Gasteiger partial charge in [-0.2, -0.15) is 0 Å². The molecule has 0 amide bonds. The molecule has 1 heteroatoms. The maximum Gasteiger partial charge on any atom is 0.0726 e. The van der Waals surface area contributed by atoms with Crippen LogP contribution in [0.25, 0.3) is 44.5 Å². The Bertz CT molecular complexity index is 2900. The highest BCUT2D eigenvalue weighted by Gasteiger charge is 2.52. The summed E-state index contributed by atoms with van der Waals surface area (Å²) in [5.74, 6) is 0. The topological polar surface area (TPSA) is 3.24 Å². The van der Waals surface area contributed by atoms with E-state index < -0.39 is 5.41 Å². The minimum Gasteiger partial charge on any atom is -0.310 e. The van der Waals surface area contributed by atoms with Crippen molar-refractivity contribution in [1.82, 2.24) is 0 Å². The van der Waals surface area contributed by atoms with Gasteiger partial charge in [0.05, 0.1) is 11.1 Å². The van der Waals surface area contributed by atoms with Gasteiger partial charge in [-0.05, 0) is 184 Å². The number of anilines is 3. The Morgan fingerprint density at radius 1 is 0.356 bits per heavy atom. The summed E-state index contributed by atoms with van der Waals surface area (Å²) in [5.41, 5.74) is 26.6. The summed E-state index contributed by atoms with van der Waals surface area (Å²) in [7, 11) is 0. The van der Waals surface area contributed by atoms with Crippen molar-refractivity contribution in [1.29, 1.82) is 0 Å². The molecule has 0 fully saturated rings. The van der Waals surface area contributed by atoms with Gasteiger partial charge in [-0.1, -0.05) is 133 Å². The molecule has 0 bridgehead atoms.